The van der Waals surface area contributed by atoms with E-state index in [-0.39, 0.29) is 5.41 Å². The number of fused-ring (bicyclic) bond motifs is 2. The van der Waals surface area contributed by atoms with Gasteiger partial charge in [-0.25, -0.2) is 0 Å². The molecular weight excluding hydrogens is 360 g/mol. The molecule has 2 aliphatic rings. The van der Waals surface area contributed by atoms with Gasteiger partial charge in [-0.2, -0.15) is 10.2 Å². The third-order valence-electron chi connectivity index (χ3n) is 7.26. The molecule has 0 saturated heterocycles. The predicted molar refractivity (Wildman–Crippen MR) is 117 cm³/mol. The van der Waals surface area contributed by atoms with Gasteiger partial charge in [-0.3, -0.25) is 15.1 Å². The van der Waals surface area contributed by atoms with E-state index in [2.05, 4.69) is 66.8 Å². The van der Waals surface area contributed by atoms with Gasteiger partial charge in [-0.1, -0.05) is 34.6 Å². The maximum Gasteiger partial charge on any atom is 0.0729 e. The van der Waals surface area contributed by atoms with E-state index >= 15 is 0 Å². The number of H-pyrrole nitrogens is 2. The SMILES string of the molecule is CCN1CCCc2[nH]nc(C(C)(C)C3Cc4[nH]nc(C(C)C)c4CN(C)C3)c2C1. The Balaban J connectivity index is 1.68. The summed E-state index contributed by atoms with van der Waals surface area (Å²) in [5, 5.41) is 16.4. The lowest BCUT2D eigenvalue weighted by Gasteiger charge is -2.35. The van der Waals surface area contributed by atoms with E-state index < -0.39 is 0 Å². The van der Waals surface area contributed by atoms with Crippen LogP contribution in [-0.2, 0) is 31.3 Å². The summed E-state index contributed by atoms with van der Waals surface area (Å²) in [7, 11) is 2.25. The molecule has 0 radical (unpaired) electrons. The summed E-state index contributed by atoms with van der Waals surface area (Å²) in [4.78, 5) is 5.03. The molecule has 29 heavy (non-hydrogen) atoms. The second-order valence-corrected chi connectivity index (χ2v) is 10.0. The number of nitrogens with one attached hydrogen (secondary N) is 2. The van der Waals surface area contributed by atoms with Crippen LogP contribution in [0.3, 0.4) is 0 Å². The van der Waals surface area contributed by atoms with Gasteiger partial charge in [0.15, 0.2) is 0 Å². The Morgan fingerprint density at radius 2 is 1.86 bits per heavy atom. The van der Waals surface area contributed by atoms with E-state index in [1.165, 1.54) is 46.9 Å². The molecule has 6 heteroatoms. The van der Waals surface area contributed by atoms with Crippen LogP contribution in [0.5, 0.6) is 0 Å². The third-order valence-corrected chi connectivity index (χ3v) is 7.26. The van der Waals surface area contributed by atoms with Gasteiger partial charge >= 0.3 is 0 Å². The van der Waals surface area contributed by atoms with Crippen LogP contribution in [0.1, 0.15) is 80.9 Å². The van der Waals surface area contributed by atoms with Gasteiger partial charge in [-0.05, 0) is 51.2 Å². The molecule has 0 aliphatic carbocycles. The van der Waals surface area contributed by atoms with Gasteiger partial charge in [0.2, 0.25) is 0 Å². The van der Waals surface area contributed by atoms with Gasteiger partial charge in [0.25, 0.3) is 0 Å². The smallest absolute Gasteiger partial charge is 0.0729 e. The van der Waals surface area contributed by atoms with Crippen LogP contribution in [0.25, 0.3) is 0 Å². The molecule has 0 aromatic carbocycles. The van der Waals surface area contributed by atoms with E-state index in [0.717, 1.165) is 39.0 Å². The van der Waals surface area contributed by atoms with Crippen LogP contribution in [0.2, 0.25) is 0 Å². The highest BCUT2D eigenvalue weighted by Crippen LogP contribution is 2.39. The van der Waals surface area contributed by atoms with Crippen molar-refractivity contribution in [3.8, 4) is 0 Å². The van der Waals surface area contributed by atoms with Crippen molar-refractivity contribution in [3.63, 3.8) is 0 Å². The monoisotopic (exact) mass is 398 g/mol. The zero-order chi connectivity index (χ0) is 20.8. The molecule has 4 rings (SSSR count). The third kappa shape index (κ3) is 3.77. The average Bonchev–Trinajstić information content (AvgIpc) is 3.13. The van der Waals surface area contributed by atoms with E-state index in [1.807, 2.05) is 0 Å². The number of aromatic amines is 2. The Bertz CT molecular complexity index is 846. The molecule has 6 nitrogen and oxygen atoms in total. The fourth-order valence-electron chi connectivity index (χ4n) is 5.30. The van der Waals surface area contributed by atoms with Crippen LogP contribution in [0.15, 0.2) is 0 Å². The first kappa shape index (κ1) is 20.6. The normalized spacial score (nSPS) is 21.7. The molecular formula is C23H38N6. The van der Waals surface area contributed by atoms with Crippen molar-refractivity contribution in [2.75, 3.05) is 26.7 Å². The molecule has 4 heterocycles. The molecule has 2 aromatic rings. The van der Waals surface area contributed by atoms with Gasteiger partial charge in [0.05, 0.1) is 11.4 Å². The largest absolute Gasteiger partial charge is 0.302 e. The predicted octanol–water partition coefficient (Wildman–Crippen LogP) is 3.61. The molecule has 0 bridgehead atoms. The molecule has 1 atom stereocenters. The molecule has 1 unspecified atom stereocenters. The summed E-state index contributed by atoms with van der Waals surface area (Å²) in [5.41, 5.74) is 8.05. The average molecular weight is 399 g/mol. The lowest BCUT2D eigenvalue weighted by atomic mass is 9.72. The summed E-state index contributed by atoms with van der Waals surface area (Å²) in [6, 6.07) is 0. The number of aryl methyl sites for hydroxylation is 1. The molecule has 0 amide bonds. The number of nitrogens with zero attached hydrogens (tertiary/aromatic N) is 4. The highest BCUT2D eigenvalue weighted by atomic mass is 15.2. The standard InChI is InChI=1S/C23H38N6/c1-7-29-10-8-9-19-18(14-29)22(27-24-19)23(4,5)16-11-20-17(13-28(6)12-16)21(15(2)3)26-25-20/h15-16H,7-14H2,1-6H3,(H,24,27)(H,25,26). The number of aromatic nitrogens is 4. The van der Waals surface area contributed by atoms with E-state index in [0.29, 0.717) is 11.8 Å². The first-order chi connectivity index (χ1) is 13.8. The Hall–Kier alpha value is -1.66. The zero-order valence-electron chi connectivity index (χ0n) is 19.1. The van der Waals surface area contributed by atoms with E-state index in [1.54, 1.807) is 0 Å². The molecule has 0 spiro atoms. The number of rotatable bonds is 4. The van der Waals surface area contributed by atoms with Crippen molar-refractivity contribution in [1.82, 2.24) is 30.2 Å². The minimum atomic E-state index is -0.00713. The van der Waals surface area contributed by atoms with Crippen LogP contribution < -0.4 is 0 Å². The molecule has 0 saturated carbocycles. The lowest BCUT2D eigenvalue weighted by Crippen LogP contribution is -2.38. The van der Waals surface area contributed by atoms with E-state index in [9.17, 15) is 0 Å². The summed E-state index contributed by atoms with van der Waals surface area (Å²) < 4.78 is 0. The van der Waals surface area contributed by atoms with Gasteiger partial charge in [0.1, 0.15) is 0 Å². The summed E-state index contributed by atoms with van der Waals surface area (Å²) in [5.74, 6) is 0.940. The fraction of sp³-hybridized carbons (Fsp3) is 0.739. The van der Waals surface area contributed by atoms with Gasteiger partial charge < -0.3 is 4.90 Å². The van der Waals surface area contributed by atoms with Gasteiger partial charge in [0, 0.05) is 47.6 Å². The second-order valence-electron chi connectivity index (χ2n) is 10.0. The highest BCUT2D eigenvalue weighted by molar-refractivity contribution is 5.35. The molecule has 2 N–H and O–H groups in total. The maximum absolute atomic E-state index is 4.90. The van der Waals surface area contributed by atoms with Crippen molar-refractivity contribution >= 4 is 0 Å². The Labute approximate surface area is 175 Å². The fourth-order valence-corrected chi connectivity index (χ4v) is 5.30. The van der Waals surface area contributed by atoms with Crippen molar-refractivity contribution in [3.05, 3.63) is 33.9 Å². The lowest BCUT2D eigenvalue weighted by molar-refractivity contribution is 0.207. The topological polar surface area (TPSA) is 63.8 Å². The van der Waals surface area contributed by atoms with E-state index in [4.69, 9.17) is 5.10 Å². The molecule has 2 aromatic heterocycles. The van der Waals surface area contributed by atoms with Crippen LogP contribution in [-0.4, -0.2) is 56.9 Å². The quantitative estimate of drug-likeness (QED) is 0.826. The maximum atomic E-state index is 4.90. The van der Waals surface area contributed by atoms with Crippen LogP contribution in [0.4, 0.5) is 0 Å². The number of hydrogen-bond acceptors (Lipinski definition) is 4. The van der Waals surface area contributed by atoms with Crippen LogP contribution in [0, 0.1) is 5.92 Å². The first-order valence-corrected chi connectivity index (χ1v) is 11.3. The molecule has 160 valence electrons. The molecule has 0 fully saturated rings. The second kappa shape index (κ2) is 7.88. The minimum Gasteiger partial charge on any atom is -0.302 e. The summed E-state index contributed by atoms with van der Waals surface area (Å²) in [6.07, 6.45) is 3.36. The van der Waals surface area contributed by atoms with Gasteiger partial charge in [-0.15, -0.1) is 0 Å². The summed E-state index contributed by atoms with van der Waals surface area (Å²) >= 11 is 0. The number of hydrogen-bond donors (Lipinski definition) is 2. The highest BCUT2D eigenvalue weighted by Gasteiger charge is 2.39. The summed E-state index contributed by atoms with van der Waals surface area (Å²) in [6.45, 7) is 16.9. The minimum absolute atomic E-state index is 0.00713. The Morgan fingerprint density at radius 3 is 2.59 bits per heavy atom. The molecule has 2 aliphatic heterocycles. The Morgan fingerprint density at radius 1 is 1.10 bits per heavy atom. The van der Waals surface area contributed by atoms with Crippen molar-refractivity contribution in [2.45, 2.75) is 78.3 Å². The van der Waals surface area contributed by atoms with Crippen LogP contribution >= 0.6 is 0 Å². The van der Waals surface area contributed by atoms with Crippen molar-refractivity contribution in [2.24, 2.45) is 5.92 Å². The Kier molecular flexibility index (Phi) is 5.60. The zero-order valence-corrected chi connectivity index (χ0v) is 19.1. The van der Waals surface area contributed by atoms with Crippen molar-refractivity contribution < 1.29 is 0 Å². The van der Waals surface area contributed by atoms with Crippen molar-refractivity contribution in [1.29, 1.82) is 0 Å². The first-order valence-electron chi connectivity index (χ1n) is 11.3.